The first-order valence-corrected chi connectivity index (χ1v) is 36.8. The topological polar surface area (TPSA) is 228 Å². The summed E-state index contributed by atoms with van der Waals surface area (Å²) in [4.78, 5) is 13.3. The first-order valence-electron chi connectivity index (χ1n) is 36.8. The van der Waals surface area contributed by atoms with Crippen LogP contribution in [-0.2, 0) is 23.7 Å². The molecule has 0 aromatic carbocycles. The van der Waals surface area contributed by atoms with Crippen LogP contribution in [0.5, 0.6) is 0 Å². The van der Waals surface area contributed by atoms with E-state index in [1.165, 1.54) is 193 Å². The number of rotatable bonds is 60. The summed E-state index contributed by atoms with van der Waals surface area (Å²) in [7, 11) is 0. The maximum absolute atomic E-state index is 13.3. The highest BCUT2D eigenvalue weighted by atomic mass is 16.7. The van der Waals surface area contributed by atoms with Gasteiger partial charge in [0.05, 0.1) is 32.0 Å². The molecule has 0 radical (unpaired) electrons. The summed E-state index contributed by atoms with van der Waals surface area (Å²) in [6, 6.07) is -0.941. The number of hydrogen-bond donors (Lipinski definition) is 9. The lowest BCUT2D eigenvalue weighted by atomic mass is 9.97. The molecule has 0 aliphatic carbocycles. The molecule has 14 nitrogen and oxygen atoms in total. The number of hydrogen-bond acceptors (Lipinski definition) is 13. The van der Waals surface area contributed by atoms with Crippen molar-refractivity contribution >= 4 is 5.91 Å². The average molecular weight is 1270 g/mol. The lowest BCUT2D eigenvalue weighted by Gasteiger charge is -2.46. The van der Waals surface area contributed by atoms with Crippen LogP contribution in [-0.4, -0.2) is 140 Å². The number of allylic oxidation sites excluding steroid dienone is 13. The summed E-state index contributed by atoms with van der Waals surface area (Å²) < 4.78 is 22.8. The monoisotopic (exact) mass is 1270 g/mol. The molecule has 2 saturated heterocycles. The SMILES string of the molecule is CC/C=C\C/C=C\C/C=C\C/C=C\CCCCCCCCCCCCCCCCCCCCCCCCC(=O)NC(COC1OC(CO)C(OC2OC(CO)C(O)C(O)C2O)C(O)C1O)C(O)/C=C/CC/C=C/CC/C=C/CCCCCCCCCCCCC. The zero-order valence-corrected chi connectivity index (χ0v) is 56.9. The van der Waals surface area contributed by atoms with Gasteiger partial charge in [0, 0.05) is 6.42 Å². The summed E-state index contributed by atoms with van der Waals surface area (Å²) >= 11 is 0. The maximum Gasteiger partial charge on any atom is 0.220 e. The highest BCUT2D eigenvalue weighted by Crippen LogP contribution is 2.30. The van der Waals surface area contributed by atoms with Gasteiger partial charge in [-0.3, -0.25) is 4.79 Å². The van der Waals surface area contributed by atoms with Gasteiger partial charge in [-0.2, -0.15) is 0 Å². The van der Waals surface area contributed by atoms with Crippen LogP contribution in [0.2, 0.25) is 0 Å². The summed E-state index contributed by atoms with van der Waals surface area (Å²) in [5.74, 6) is -0.250. The molecule has 2 aliphatic rings. The molecule has 12 atom stereocenters. The van der Waals surface area contributed by atoms with E-state index in [1.807, 2.05) is 6.08 Å². The highest BCUT2D eigenvalue weighted by Gasteiger charge is 2.51. The Morgan fingerprint density at radius 1 is 0.411 bits per heavy atom. The van der Waals surface area contributed by atoms with Crippen molar-refractivity contribution in [3.63, 3.8) is 0 Å². The molecular weight excluding hydrogens is 1130 g/mol. The smallest absolute Gasteiger partial charge is 0.220 e. The number of aliphatic hydroxyl groups excluding tert-OH is 8. The third kappa shape index (κ3) is 43.2. The van der Waals surface area contributed by atoms with Gasteiger partial charge in [0.25, 0.3) is 0 Å². The quantitative estimate of drug-likeness (QED) is 0.0204. The molecule has 90 heavy (non-hydrogen) atoms. The number of carbonyl (C=O) groups excluding carboxylic acids is 1. The zero-order chi connectivity index (χ0) is 65.2. The summed E-state index contributed by atoms with van der Waals surface area (Å²) in [5.41, 5.74) is 0. The zero-order valence-electron chi connectivity index (χ0n) is 56.9. The van der Waals surface area contributed by atoms with Crippen molar-refractivity contribution in [1.29, 1.82) is 0 Å². The van der Waals surface area contributed by atoms with Crippen LogP contribution >= 0.6 is 0 Å². The second-order valence-electron chi connectivity index (χ2n) is 25.7. The van der Waals surface area contributed by atoms with Crippen LogP contribution in [0, 0.1) is 0 Å². The van der Waals surface area contributed by atoms with Crippen LogP contribution in [0.3, 0.4) is 0 Å². The maximum atomic E-state index is 13.3. The van der Waals surface area contributed by atoms with E-state index in [9.17, 15) is 45.6 Å². The van der Waals surface area contributed by atoms with E-state index in [1.54, 1.807) is 6.08 Å². The van der Waals surface area contributed by atoms with Gasteiger partial charge in [-0.05, 0) is 83.5 Å². The van der Waals surface area contributed by atoms with Crippen LogP contribution in [0.4, 0.5) is 0 Å². The number of amides is 1. The van der Waals surface area contributed by atoms with Gasteiger partial charge in [0.2, 0.25) is 5.91 Å². The lowest BCUT2D eigenvalue weighted by Crippen LogP contribution is -2.65. The van der Waals surface area contributed by atoms with E-state index in [0.717, 1.165) is 70.6 Å². The van der Waals surface area contributed by atoms with Crippen molar-refractivity contribution in [1.82, 2.24) is 5.32 Å². The molecule has 0 aromatic rings. The van der Waals surface area contributed by atoms with Crippen molar-refractivity contribution < 1.29 is 64.6 Å². The predicted molar refractivity (Wildman–Crippen MR) is 369 cm³/mol. The predicted octanol–water partition coefficient (Wildman–Crippen LogP) is 15.6. The summed E-state index contributed by atoms with van der Waals surface area (Å²) in [6.45, 7) is 2.69. The fourth-order valence-electron chi connectivity index (χ4n) is 11.7. The molecule has 0 aromatic heterocycles. The molecule has 2 rings (SSSR count). The molecular formula is C76H135NO13. The molecule has 2 aliphatic heterocycles. The normalized spacial score (nSPS) is 23.4. The van der Waals surface area contributed by atoms with Crippen LogP contribution in [0.15, 0.2) is 85.1 Å². The molecule has 9 N–H and O–H groups in total. The fourth-order valence-corrected chi connectivity index (χ4v) is 11.7. The number of aliphatic hydroxyl groups is 8. The molecule has 2 fully saturated rings. The summed E-state index contributed by atoms with van der Waals surface area (Å²) in [5, 5.41) is 87.4. The van der Waals surface area contributed by atoms with Gasteiger partial charge < -0.3 is 65.1 Å². The molecule has 0 spiro atoms. The Hall–Kier alpha value is -2.83. The lowest BCUT2D eigenvalue weighted by molar-refractivity contribution is -0.359. The first kappa shape index (κ1) is 83.3. The molecule has 12 unspecified atom stereocenters. The molecule has 0 saturated carbocycles. The standard InChI is InChI=1S/C76H135NO13/c1-3-5-7-9-11-13-15-17-19-21-23-25-26-27-28-29-30-31-32-33-34-35-36-37-38-40-42-44-46-48-50-52-54-56-58-60-68(81)77-64(65(80)59-57-55-53-51-49-47-45-43-41-39-24-22-20-18-16-14-12-10-8-6-4-2)63-87-75-73(86)71(84)74(67(62-79)89-75)90-76-72(85)70(83)69(82)66(61-78)88-76/h5,7,11,13,17,19,23,25,41,43,49,51,57,59,64-67,69-76,78-80,82-86H,3-4,6,8-10,12,14-16,18,20-22,24,26-40,42,44-48,50,52-56,58,60-63H2,1-2H3,(H,77,81)/b7-5-,13-11-,19-17-,25-23-,43-41+,51-49+,59-57+. The average Bonchev–Trinajstić information content (AvgIpc) is 1.28. The van der Waals surface area contributed by atoms with Crippen molar-refractivity contribution in [2.45, 2.75) is 370 Å². The van der Waals surface area contributed by atoms with Gasteiger partial charge >= 0.3 is 0 Å². The fraction of sp³-hybridized carbons (Fsp3) is 0.803. The molecule has 1 amide bonds. The third-order valence-electron chi connectivity index (χ3n) is 17.5. The Kier molecular flexibility index (Phi) is 55.4. The van der Waals surface area contributed by atoms with E-state index >= 15 is 0 Å². The second kappa shape index (κ2) is 59.9. The highest BCUT2D eigenvalue weighted by molar-refractivity contribution is 5.76. The minimum Gasteiger partial charge on any atom is -0.394 e. The van der Waals surface area contributed by atoms with Gasteiger partial charge in [-0.1, -0.05) is 292 Å². The Balaban J connectivity index is 1.64. The van der Waals surface area contributed by atoms with E-state index in [0.29, 0.717) is 12.8 Å². The van der Waals surface area contributed by atoms with Gasteiger partial charge in [-0.25, -0.2) is 0 Å². The molecule has 14 heteroatoms. The van der Waals surface area contributed by atoms with Gasteiger partial charge in [0.15, 0.2) is 12.6 Å². The van der Waals surface area contributed by atoms with E-state index in [-0.39, 0.29) is 18.9 Å². The Morgan fingerprint density at radius 3 is 1.22 bits per heavy atom. The molecule has 522 valence electrons. The van der Waals surface area contributed by atoms with Crippen molar-refractivity contribution in [3.05, 3.63) is 85.1 Å². The number of nitrogens with one attached hydrogen (secondary N) is 1. The Labute approximate surface area is 548 Å². The van der Waals surface area contributed by atoms with Crippen molar-refractivity contribution in [2.75, 3.05) is 19.8 Å². The minimum atomic E-state index is -1.80. The van der Waals surface area contributed by atoms with Crippen LogP contribution in [0.25, 0.3) is 0 Å². The van der Waals surface area contributed by atoms with Crippen molar-refractivity contribution in [2.24, 2.45) is 0 Å². The second-order valence-corrected chi connectivity index (χ2v) is 25.7. The van der Waals surface area contributed by atoms with Crippen LogP contribution in [0.1, 0.15) is 296 Å². The number of carbonyl (C=O) groups is 1. The van der Waals surface area contributed by atoms with E-state index in [2.05, 4.69) is 92.1 Å². The Bertz CT molecular complexity index is 1830. The van der Waals surface area contributed by atoms with Gasteiger partial charge in [-0.15, -0.1) is 0 Å². The summed E-state index contributed by atoms with van der Waals surface area (Å²) in [6.07, 6.45) is 66.5. The number of ether oxygens (including phenoxy) is 4. The molecule has 2 heterocycles. The number of unbranched alkanes of at least 4 members (excludes halogenated alkanes) is 35. The van der Waals surface area contributed by atoms with Crippen LogP contribution < -0.4 is 5.32 Å². The van der Waals surface area contributed by atoms with E-state index in [4.69, 9.17) is 18.9 Å². The van der Waals surface area contributed by atoms with E-state index < -0.39 is 86.8 Å². The minimum absolute atomic E-state index is 0.250. The van der Waals surface area contributed by atoms with Gasteiger partial charge in [0.1, 0.15) is 48.8 Å². The largest absolute Gasteiger partial charge is 0.394 e. The first-order chi connectivity index (χ1) is 44.1. The molecule has 0 bridgehead atoms. The van der Waals surface area contributed by atoms with Crippen molar-refractivity contribution in [3.8, 4) is 0 Å². The third-order valence-corrected chi connectivity index (χ3v) is 17.5. The Morgan fingerprint density at radius 2 is 0.778 bits per heavy atom.